The largest absolute Gasteiger partial charge is 0.478 e. The van der Waals surface area contributed by atoms with Gasteiger partial charge in [0.1, 0.15) is 0 Å². The van der Waals surface area contributed by atoms with Crippen LogP contribution in [0.3, 0.4) is 0 Å². The van der Waals surface area contributed by atoms with E-state index in [0.717, 1.165) is 23.0 Å². The number of halogens is 1. The highest BCUT2D eigenvalue weighted by Crippen LogP contribution is 2.21. The molecule has 0 aliphatic rings. The highest BCUT2D eigenvalue weighted by atomic mass is 79.9. The number of anilines is 1. The van der Waals surface area contributed by atoms with Crippen LogP contribution in [0.5, 0.6) is 0 Å². The molecular formula is C17H18BrNO2. The second kappa shape index (κ2) is 7.27. The summed E-state index contributed by atoms with van der Waals surface area (Å²) in [5, 5.41) is 12.4. The third kappa shape index (κ3) is 4.90. The lowest BCUT2D eigenvalue weighted by atomic mass is 10.1. The Hall–Kier alpha value is -1.81. The Bertz CT molecular complexity index is 613. The van der Waals surface area contributed by atoms with E-state index in [1.165, 1.54) is 5.56 Å². The van der Waals surface area contributed by atoms with Crippen LogP contribution in [0.4, 0.5) is 5.69 Å². The molecule has 0 aromatic heterocycles. The molecule has 1 atom stereocenters. The second-order valence-corrected chi connectivity index (χ2v) is 6.02. The Kier molecular flexibility index (Phi) is 5.39. The molecule has 0 spiro atoms. The summed E-state index contributed by atoms with van der Waals surface area (Å²) in [5.74, 6) is -0.920. The summed E-state index contributed by atoms with van der Waals surface area (Å²) < 4.78 is 0.764. The van der Waals surface area contributed by atoms with Crippen LogP contribution in [0.15, 0.2) is 53.0 Å². The van der Waals surface area contributed by atoms with Gasteiger partial charge in [-0.3, -0.25) is 0 Å². The normalized spacial score (nSPS) is 11.9. The maximum absolute atomic E-state index is 11.1. The predicted octanol–water partition coefficient (Wildman–Crippen LogP) is 4.58. The molecule has 21 heavy (non-hydrogen) atoms. The SMILES string of the molecule is CC(CCc1ccccc1)Nc1cc(Br)cc(C(=O)O)c1. The molecule has 0 fully saturated rings. The number of aryl methyl sites for hydroxylation is 1. The Labute approximate surface area is 133 Å². The molecule has 4 heteroatoms. The zero-order chi connectivity index (χ0) is 15.2. The molecule has 0 saturated heterocycles. The molecule has 0 saturated carbocycles. The molecule has 0 bridgehead atoms. The number of hydrogen-bond acceptors (Lipinski definition) is 2. The maximum atomic E-state index is 11.1. The average molecular weight is 348 g/mol. The first-order valence-electron chi connectivity index (χ1n) is 6.89. The molecule has 0 radical (unpaired) electrons. The second-order valence-electron chi connectivity index (χ2n) is 5.10. The number of carboxylic acid groups (broad SMARTS) is 1. The van der Waals surface area contributed by atoms with Crippen LogP contribution in [-0.4, -0.2) is 17.1 Å². The van der Waals surface area contributed by atoms with Gasteiger partial charge in [-0.2, -0.15) is 0 Å². The minimum Gasteiger partial charge on any atom is -0.478 e. The van der Waals surface area contributed by atoms with E-state index in [-0.39, 0.29) is 11.6 Å². The van der Waals surface area contributed by atoms with Crippen molar-refractivity contribution >= 4 is 27.6 Å². The first-order valence-corrected chi connectivity index (χ1v) is 7.68. The number of hydrogen-bond donors (Lipinski definition) is 2. The first kappa shape index (κ1) is 15.6. The lowest BCUT2D eigenvalue weighted by Crippen LogP contribution is -2.16. The highest BCUT2D eigenvalue weighted by Gasteiger charge is 2.08. The maximum Gasteiger partial charge on any atom is 0.335 e. The third-order valence-corrected chi connectivity index (χ3v) is 3.72. The minimum absolute atomic E-state index is 0.265. The fourth-order valence-corrected chi connectivity index (χ4v) is 2.67. The molecule has 0 heterocycles. The number of carboxylic acids is 1. The van der Waals surface area contributed by atoms with Gasteiger partial charge in [0.15, 0.2) is 0 Å². The smallest absolute Gasteiger partial charge is 0.335 e. The monoisotopic (exact) mass is 347 g/mol. The summed E-state index contributed by atoms with van der Waals surface area (Å²) in [6, 6.07) is 15.8. The van der Waals surface area contributed by atoms with Crippen molar-refractivity contribution in [3.05, 3.63) is 64.1 Å². The van der Waals surface area contributed by atoms with Gasteiger partial charge in [0.05, 0.1) is 5.56 Å². The van der Waals surface area contributed by atoms with Crippen molar-refractivity contribution in [1.29, 1.82) is 0 Å². The van der Waals surface area contributed by atoms with Crippen LogP contribution in [-0.2, 0) is 6.42 Å². The van der Waals surface area contributed by atoms with Crippen LogP contribution in [0.2, 0.25) is 0 Å². The van der Waals surface area contributed by atoms with Gasteiger partial charge in [0.2, 0.25) is 0 Å². The zero-order valence-corrected chi connectivity index (χ0v) is 13.4. The Morgan fingerprint density at radius 2 is 1.95 bits per heavy atom. The standard InChI is InChI=1S/C17H18BrNO2/c1-12(7-8-13-5-3-2-4-6-13)19-16-10-14(17(20)21)9-15(18)11-16/h2-6,9-12,19H,7-8H2,1H3,(H,20,21). The topological polar surface area (TPSA) is 49.3 Å². The van der Waals surface area contributed by atoms with Crippen molar-refractivity contribution in [3.63, 3.8) is 0 Å². The molecule has 2 N–H and O–H groups in total. The number of carbonyl (C=O) groups is 1. The predicted molar refractivity (Wildman–Crippen MR) is 88.9 cm³/mol. The van der Waals surface area contributed by atoms with Crippen molar-refractivity contribution in [2.24, 2.45) is 0 Å². The lowest BCUT2D eigenvalue weighted by molar-refractivity contribution is 0.0697. The average Bonchev–Trinajstić information content (AvgIpc) is 2.45. The van der Waals surface area contributed by atoms with E-state index in [9.17, 15) is 4.79 Å². The van der Waals surface area contributed by atoms with E-state index in [2.05, 4.69) is 40.3 Å². The van der Waals surface area contributed by atoms with Crippen LogP contribution in [0, 0.1) is 0 Å². The fraction of sp³-hybridized carbons (Fsp3) is 0.235. The quantitative estimate of drug-likeness (QED) is 0.803. The van der Waals surface area contributed by atoms with E-state index in [4.69, 9.17) is 5.11 Å². The molecule has 2 rings (SSSR count). The van der Waals surface area contributed by atoms with Crippen LogP contribution >= 0.6 is 15.9 Å². The van der Waals surface area contributed by atoms with Crippen LogP contribution in [0.25, 0.3) is 0 Å². The van der Waals surface area contributed by atoms with Gasteiger partial charge >= 0.3 is 5.97 Å². The number of aromatic carboxylic acids is 1. The molecule has 3 nitrogen and oxygen atoms in total. The van der Waals surface area contributed by atoms with E-state index in [0.29, 0.717) is 0 Å². The van der Waals surface area contributed by atoms with Gasteiger partial charge in [-0.1, -0.05) is 46.3 Å². The van der Waals surface area contributed by atoms with Gasteiger partial charge in [0.25, 0.3) is 0 Å². The summed E-state index contributed by atoms with van der Waals surface area (Å²) in [6.07, 6.45) is 1.98. The third-order valence-electron chi connectivity index (χ3n) is 3.27. The summed E-state index contributed by atoms with van der Waals surface area (Å²) >= 11 is 3.34. The molecule has 2 aromatic rings. The van der Waals surface area contributed by atoms with E-state index < -0.39 is 5.97 Å². The van der Waals surface area contributed by atoms with E-state index in [1.807, 2.05) is 24.3 Å². The van der Waals surface area contributed by atoms with Crippen molar-refractivity contribution in [1.82, 2.24) is 0 Å². The molecule has 1 unspecified atom stereocenters. The number of nitrogens with one attached hydrogen (secondary N) is 1. The Morgan fingerprint density at radius 3 is 2.62 bits per heavy atom. The van der Waals surface area contributed by atoms with Gasteiger partial charge in [-0.15, -0.1) is 0 Å². The minimum atomic E-state index is -0.920. The van der Waals surface area contributed by atoms with Gasteiger partial charge in [-0.05, 0) is 43.5 Å². The molecule has 2 aromatic carbocycles. The molecule has 0 amide bonds. The van der Waals surface area contributed by atoms with Gasteiger partial charge < -0.3 is 10.4 Å². The van der Waals surface area contributed by atoms with Crippen molar-refractivity contribution in [3.8, 4) is 0 Å². The number of rotatable bonds is 6. The Balaban J connectivity index is 1.96. The van der Waals surface area contributed by atoms with Crippen molar-refractivity contribution in [2.45, 2.75) is 25.8 Å². The van der Waals surface area contributed by atoms with Gasteiger partial charge in [0, 0.05) is 16.2 Å². The molecule has 110 valence electrons. The summed E-state index contributed by atoms with van der Waals surface area (Å²) in [4.78, 5) is 11.1. The first-order chi connectivity index (χ1) is 10.0. The van der Waals surface area contributed by atoms with Crippen LogP contribution < -0.4 is 5.32 Å². The fourth-order valence-electron chi connectivity index (χ4n) is 2.18. The van der Waals surface area contributed by atoms with Crippen molar-refractivity contribution < 1.29 is 9.90 Å². The molecule has 0 aliphatic heterocycles. The highest BCUT2D eigenvalue weighted by molar-refractivity contribution is 9.10. The lowest BCUT2D eigenvalue weighted by Gasteiger charge is -2.16. The summed E-state index contributed by atoms with van der Waals surface area (Å²) in [6.45, 7) is 2.10. The Morgan fingerprint density at radius 1 is 1.24 bits per heavy atom. The molecule has 0 aliphatic carbocycles. The summed E-state index contributed by atoms with van der Waals surface area (Å²) in [7, 11) is 0. The van der Waals surface area contributed by atoms with E-state index in [1.54, 1.807) is 12.1 Å². The van der Waals surface area contributed by atoms with Crippen LogP contribution in [0.1, 0.15) is 29.3 Å². The molecular weight excluding hydrogens is 330 g/mol. The van der Waals surface area contributed by atoms with Gasteiger partial charge in [-0.25, -0.2) is 4.79 Å². The number of benzene rings is 2. The summed E-state index contributed by atoms with van der Waals surface area (Å²) in [5.41, 5.74) is 2.41. The van der Waals surface area contributed by atoms with Crippen molar-refractivity contribution in [2.75, 3.05) is 5.32 Å². The van der Waals surface area contributed by atoms with E-state index >= 15 is 0 Å². The zero-order valence-electron chi connectivity index (χ0n) is 11.8.